The molecule has 1 N–H and O–H groups in total. The fourth-order valence-corrected chi connectivity index (χ4v) is 2.81. The number of rotatable bonds is 1. The van der Waals surface area contributed by atoms with Gasteiger partial charge in [-0.25, -0.2) is 0 Å². The average molecular weight is 302 g/mol. The summed E-state index contributed by atoms with van der Waals surface area (Å²) in [6, 6.07) is 16.1. The quantitative estimate of drug-likeness (QED) is 0.861. The molecule has 1 amide bonds. The van der Waals surface area contributed by atoms with E-state index in [1.807, 2.05) is 42.5 Å². The third-order valence-corrected chi connectivity index (χ3v) is 3.70. The Morgan fingerprint density at radius 2 is 1.94 bits per heavy atom. The first-order valence-corrected chi connectivity index (χ1v) is 6.66. The van der Waals surface area contributed by atoms with Gasteiger partial charge in [0.05, 0.1) is 12.5 Å². The highest BCUT2D eigenvalue weighted by atomic mass is 79.9. The lowest BCUT2D eigenvalue weighted by molar-refractivity contribution is -0.121. The third kappa shape index (κ3) is 2.06. The van der Waals surface area contributed by atoms with Crippen molar-refractivity contribution in [1.29, 1.82) is 0 Å². The van der Waals surface area contributed by atoms with Crippen LogP contribution in [-0.2, 0) is 11.2 Å². The maximum absolute atomic E-state index is 11.8. The minimum atomic E-state index is -0.0417. The Bertz CT molecular complexity index is 609. The predicted octanol–water partition coefficient (Wildman–Crippen LogP) is 3.21. The lowest BCUT2D eigenvalue weighted by Gasteiger charge is -2.27. The smallest absolute Gasteiger partial charge is 0.225 e. The zero-order chi connectivity index (χ0) is 12.5. The van der Waals surface area contributed by atoms with Crippen molar-refractivity contribution < 1.29 is 4.79 Å². The molecule has 1 unspecified atom stereocenters. The van der Waals surface area contributed by atoms with E-state index in [-0.39, 0.29) is 11.9 Å². The van der Waals surface area contributed by atoms with Gasteiger partial charge in [0, 0.05) is 4.47 Å². The van der Waals surface area contributed by atoms with Crippen molar-refractivity contribution in [3.63, 3.8) is 0 Å². The van der Waals surface area contributed by atoms with Crippen LogP contribution in [0.25, 0.3) is 0 Å². The molecule has 0 saturated heterocycles. The molecule has 0 aliphatic carbocycles. The molecule has 1 aliphatic heterocycles. The van der Waals surface area contributed by atoms with Crippen molar-refractivity contribution in [2.75, 3.05) is 0 Å². The highest BCUT2D eigenvalue weighted by molar-refractivity contribution is 9.10. The first-order valence-electron chi connectivity index (χ1n) is 5.86. The van der Waals surface area contributed by atoms with Gasteiger partial charge in [-0.05, 0) is 28.8 Å². The summed E-state index contributed by atoms with van der Waals surface area (Å²) in [7, 11) is 0. The van der Waals surface area contributed by atoms with E-state index in [1.54, 1.807) is 0 Å². The zero-order valence-electron chi connectivity index (χ0n) is 9.69. The molecule has 3 heteroatoms. The van der Waals surface area contributed by atoms with Gasteiger partial charge in [0.2, 0.25) is 5.91 Å². The van der Waals surface area contributed by atoms with Gasteiger partial charge in [-0.3, -0.25) is 4.79 Å². The highest BCUT2D eigenvalue weighted by Gasteiger charge is 2.25. The number of amides is 1. The van der Waals surface area contributed by atoms with Crippen LogP contribution in [0.4, 0.5) is 0 Å². The molecular formula is C15H12BrNO. The summed E-state index contributed by atoms with van der Waals surface area (Å²) >= 11 is 3.47. The molecule has 0 radical (unpaired) electrons. The number of hydrogen-bond acceptors (Lipinski definition) is 1. The van der Waals surface area contributed by atoms with Crippen LogP contribution in [0.1, 0.15) is 22.7 Å². The lowest BCUT2D eigenvalue weighted by Crippen LogP contribution is -2.35. The molecular weight excluding hydrogens is 290 g/mol. The van der Waals surface area contributed by atoms with E-state index in [1.165, 1.54) is 5.56 Å². The van der Waals surface area contributed by atoms with E-state index in [0.29, 0.717) is 6.42 Å². The minimum Gasteiger partial charge on any atom is -0.345 e. The molecule has 2 aromatic rings. The van der Waals surface area contributed by atoms with Crippen molar-refractivity contribution in [2.45, 2.75) is 12.5 Å². The van der Waals surface area contributed by atoms with Crippen LogP contribution in [0.15, 0.2) is 53.0 Å². The monoisotopic (exact) mass is 301 g/mol. The summed E-state index contributed by atoms with van der Waals surface area (Å²) < 4.78 is 1.03. The Morgan fingerprint density at radius 1 is 1.11 bits per heavy atom. The Balaban J connectivity index is 2.10. The number of carbonyl (C=O) groups excluding carboxylic acids is 1. The van der Waals surface area contributed by atoms with Crippen molar-refractivity contribution in [3.8, 4) is 0 Å². The summed E-state index contributed by atoms with van der Waals surface area (Å²) in [6.45, 7) is 0. The van der Waals surface area contributed by atoms with Crippen LogP contribution in [0.5, 0.6) is 0 Å². The summed E-state index contributed by atoms with van der Waals surface area (Å²) in [5.74, 6) is 0.0821. The summed E-state index contributed by atoms with van der Waals surface area (Å²) in [5.41, 5.74) is 3.41. The number of benzene rings is 2. The van der Waals surface area contributed by atoms with Gasteiger partial charge >= 0.3 is 0 Å². The second-order valence-electron chi connectivity index (χ2n) is 4.43. The second kappa shape index (κ2) is 4.58. The molecule has 18 heavy (non-hydrogen) atoms. The zero-order valence-corrected chi connectivity index (χ0v) is 11.3. The molecule has 0 aromatic heterocycles. The van der Waals surface area contributed by atoms with E-state index >= 15 is 0 Å². The highest BCUT2D eigenvalue weighted by Crippen LogP contribution is 2.30. The van der Waals surface area contributed by atoms with E-state index in [9.17, 15) is 4.79 Å². The van der Waals surface area contributed by atoms with Crippen LogP contribution in [0.3, 0.4) is 0 Å². The summed E-state index contributed by atoms with van der Waals surface area (Å²) in [5, 5.41) is 3.06. The van der Waals surface area contributed by atoms with Crippen LogP contribution in [0.2, 0.25) is 0 Å². The van der Waals surface area contributed by atoms with Crippen LogP contribution in [0, 0.1) is 0 Å². The molecule has 3 rings (SSSR count). The van der Waals surface area contributed by atoms with Gasteiger partial charge in [-0.15, -0.1) is 0 Å². The number of hydrogen-bond donors (Lipinski definition) is 1. The predicted molar refractivity (Wildman–Crippen MR) is 74.3 cm³/mol. The minimum absolute atomic E-state index is 0.0417. The first-order chi connectivity index (χ1) is 8.74. The van der Waals surface area contributed by atoms with Gasteiger partial charge in [0.1, 0.15) is 0 Å². The number of fused-ring (bicyclic) bond motifs is 1. The third-order valence-electron chi connectivity index (χ3n) is 3.20. The van der Waals surface area contributed by atoms with Gasteiger partial charge in [-0.1, -0.05) is 52.3 Å². The topological polar surface area (TPSA) is 29.1 Å². The average Bonchev–Trinajstić information content (AvgIpc) is 2.37. The first kappa shape index (κ1) is 11.5. The van der Waals surface area contributed by atoms with Gasteiger partial charge in [0.25, 0.3) is 0 Å². The van der Waals surface area contributed by atoms with Crippen LogP contribution < -0.4 is 5.32 Å². The Morgan fingerprint density at radius 3 is 2.78 bits per heavy atom. The molecule has 2 aromatic carbocycles. The SMILES string of the molecule is O=C1Cc2ccccc2C(c2cccc(Br)c2)N1. The van der Waals surface area contributed by atoms with Crippen LogP contribution >= 0.6 is 15.9 Å². The Labute approximate surface area is 114 Å². The Hall–Kier alpha value is -1.61. The van der Waals surface area contributed by atoms with Crippen molar-refractivity contribution in [3.05, 3.63) is 69.7 Å². The molecule has 1 aliphatic rings. The van der Waals surface area contributed by atoms with E-state index in [2.05, 4.69) is 27.3 Å². The molecule has 1 atom stereocenters. The standard InChI is InChI=1S/C15H12BrNO/c16-12-6-3-5-11(8-12)15-13-7-2-1-4-10(13)9-14(18)17-15/h1-8,15H,9H2,(H,17,18). The molecule has 0 spiro atoms. The maximum atomic E-state index is 11.8. The number of carbonyl (C=O) groups is 1. The summed E-state index contributed by atoms with van der Waals surface area (Å²) in [6.07, 6.45) is 0.473. The molecule has 0 saturated carbocycles. The van der Waals surface area contributed by atoms with Crippen LogP contribution in [-0.4, -0.2) is 5.91 Å². The normalized spacial score (nSPS) is 18.1. The number of nitrogens with one attached hydrogen (secondary N) is 1. The maximum Gasteiger partial charge on any atom is 0.225 e. The molecule has 2 nitrogen and oxygen atoms in total. The molecule has 0 fully saturated rings. The van der Waals surface area contributed by atoms with Crippen molar-refractivity contribution >= 4 is 21.8 Å². The molecule has 90 valence electrons. The molecule has 0 bridgehead atoms. The van der Waals surface area contributed by atoms with Crippen molar-refractivity contribution in [1.82, 2.24) is 5.32 Å². The fraction of sp³-hybridized carbons (Fsp3) is 0.133. The lowest BCUT2D eigenvalue weighted by atomic mass is 9.90. The second-order valence-corrected chi connectivity index (χ2v) is 5.35. The molecule has 1 heterocycles. The Kier molecular flexibility index (Phi) is 2.92. The van der Waals surface area contributed by atoms with Gasteiger partial charge in [-0.2, -0.15) is 0 Å². The fourth-order valence-electron chi connectivity index (χ4n) is 2.39. The van der Waals surface area contributed by atoms with E-state index in [4.69, 9.17) is 0 Å². The van der Waals surface area contributed by atoms with Crippen molar-refractivity contribution in [2.24, 2.45) is 0 Å². The summed E-state index contributed by atoms with van der Waals surface area (Å²) in [4.78, 5) is 11.8. The van der Waals surface area contributed by atoms with E-state index in [0.717, 1.165) is 15.6 Å². The van der Waals surface area contributed by atoms with Gasteiger partial charge < -0.3 is 5.32 Å². The largest absolute Gasteiger partial charge is 0.345 e. The number of halogens is 1. The van der Waals surface area contributed by atoms with Gasteiger partial charge in [0.15, 0.2) is 0 Å². The van der Waals surface area contributed by atoms with E-state index < -0.39 is 0 Å².